The van der Waals surface area contributed by atoms with Crippen LogP contribution in [0.2, 0.25) is 0 Å². The van der Waals surface area contributed by atoms with Crippen molar-refractivity contribution in [1.29, 1.82) is 0 Å². The first kappa shape index (κ1) is 23.0. The van der Waals surface area contributed by atoms with Crippen LogP contribution in [0.5, 0.6) is 5.75 Å². The Kier molecular flexibility index (Phi) is 6.75. The molecule has 1 saturated carbocycles. The SMILES string of the molecule is COc1ccc(CCNc2nc(-c3cccc(C(C)=O)c3)nc3c2ncn3C2CCCCC2)cc1. The molecule has 180 valence electrons. The standard InChI is InChI=1S/C28H31N5O2/c1-19(34)21-7-6-8-22(17-21)26-31-27(29-16-15-20-11-13-24(35-2)14-12-20)25-28(32-26)33(18-30-25)23-9-4-3-5-10-23/h6-8,11-14,17-18,23H,3-5,9-10,15-16H2,1-2H3,(H,29,31,32). The van der Waals surface area contributed by atoms with Crippen molar-refractivity contribution in [3.8, 4) is 17.1 Å². The summed E-state index contributed by atoms with van der Waals surface area (Å²) in [6, 6.07) is 16.0. The third kappa shape index (κ3) is 5.04. The number of nitrogens with zero attached hydrogens (tertiary/aromatic N) is 4. The average molecular weight is 470 g/mol. The summed E-state index contributed by atoms with van der Waals surface area (Å²) in [4.78, 5) is 26.5. The zero-order chi connectivity index (χ0) is 24.2. The second-order valence-electron chi connectivity index (χ2n) is 9.17. The molecule has 0 amide bonds. The molecular weight excluding hydrogens is 438 g/mol. The van der Waals surface area contributed by atoms with E-state index in [0.717, 1.165) is 47.6 Å². The molecule has 35 heavy (non-hydrogen) atoms. The quantitative estimate of drug-likeness (QED) is 0.325. The lowest BCUT2D eigenvalue weighted by Crippen LogP contribution is -2.13. The van der Waals surface area contributed by atoms with Gasteiger partial charge in [0, 0.05) is 23.7 Å². The number of fused-ring (bicyclic) bond motifs is 1. The number of nitrogens with one attached hydrogen (secondary N) is 1. The molecule has 0 unspecified atom stereocenters. The Labute approximate surface area is 205 Å². The fourth-order valence-electron chi connectivity index (χ4n) is 4.79. The van der Waals surface area contributed by atoms with E-state index >= 15 is 0 Å². The molecule has 0 bridgehead atoms. The van der Waals surface area contributed by atoms with Crippen LogP contribution in [0.25, 0.3) is 22.6 Å². The number of hydrogen-bond acceptors (Lipinski definition) is 6. The van der Waals surface area contributed by atoms with Crippen molar-refractivity contribution in [3.05, 3.63) is 66.0 Å². The van der Waals surface area contributed by atoms with Gasteiger partial charge in [-0.25, -0.2) is 15.0 Å². The Bertz CT molecular complexity index is 1320. The number of methoxy groups -OCH3 is 1. The van der Waals surface area contributed by atoms with Gasteiger partial charge in [-0.15, -0.1) is 0 Å². The van der Waals surface area contributed by atoms with Crippen molar-refractivity contribution in [3.63, 3.8) is 0 Å². The zero-order valence-electron chi connectivity index (χ0n) is 20.3. The van der Waals surface area contributed by atoms with Crippen LogP contribution in [0, 0.1) is 0 Å². The number of hydrogen-bond donors (Lipinski definition) is 1. The Morgan fingerprint density at radius 3 is 2.63 bits per heavy atom. The van der Waals surface area contributed by atoms with E-state index in [4.69, 9.17) is 19.7 Å². The summed E-state index contributed by atoms with van der Waals surface area (Å²) >= 11 is 0. The molecule has 4 aromatic rings. The van der Waals surface area contributed by atoms with Crippen molar-refractivity contribution in [2.45, 2.75) is 51.5 Å². The van der Waals surface area contributed by atoms with Gasteiger partial charge >= 0.3 is 0 Å². The van der Waals surface area contributed by atoms with E-state index in [0.29, 0.717) is 24.0 Å². The number of rotatable bonds is 8. The molecule has 1 aliphatic rings. The number of carbonyl (C=O) groups is 1. The molecule has 0 saturated heterocycles. The van der Waals surface area contributed by atoms with Gasteiger partial charge in [0.25, 0.3) is 0 Å². The Morgan fingerprint density at radius 1 is 1.09 bits per heavy atom. The normalized spacial score (nSPS) is 14.2. The maximum absolute atomic E-state index is 12.0. The van der Waals surface area contributed by atoms with Crippen LogP contribution < -0.4 is 10.1 Å². The van der Waals surface area contributed by atoms with Crippen molar-refractivity contribution >= 4 is 22.8 Å². The summed E-state index contributed by atoms with van der Waals surface area (Å²) in [5.74, 6) is 2.20. The van der Waals surface area contributed by atoms with Crippen LogP contribution in [0.4, 0.5) is 5.82 Å². The van der Waals surface area contributed by atoms with Crippen LogP contribution in [0.3, 0.4) is 0 Å². The van der Waals surface area contributed by atoms with Gasteiger partial charge < -0.3 is 14.6 Å². The topological polar surface area (TPSA) is 81.9 Å². The maximum Gasteiger partial charge on any atom is 0.166 e. The molecule has 7 heteroatoms. The minimum Gasteiger partial charge on any atom is -0.497 e. The number of Topliss-reactive ketones (excluding diaryl/α,β-unsaturated/α-hetero) is 1. The smallest absolute Gasteiger partial charge is 0.166 e. The number of ketones is 1. The van der Waals surface area contributed by atoms with Crippen LogP contribution in [-0.4, -0.2) is 39.0 Å². The summed E-state index contributed by atoms with van der Waals surface area (Å²) in [6.07, 6.45) is 8.80. The Hall–Kier alpha value is -3.74. The van der Waals surface area contributed by atoms with Gasteiger partial charge in [-0.05, 0) is 49.9 Å². The number of benzene rings is 2. The number of carbonyl (C=O) groups excluding carboxylic acids is 1. The lowest BCUT2D eigenvalue weighted by Gasteiger charge is -2.23. The summed E-state index contributed by atoms with van der Waals surface area (Å²) in [7, 11) is 1.67. The summed E-state index contributed by atoms with van der Waals surface area (Å²) in [6.45, 7) is 2.29. The predicted molar refractivity (Wildman–Crippen MR) is 138 cm³/mol. The number of imidazole rings is 1. The fourth-order valence-corrected chi connectivity index (χ4v) is 4.79. The average Bonchev–Trinajstić information content (AvgIpc) is 3.34. The van der Waals surface area contributed by atoms with Gasteiger partial charge in [-0.1, -0.05) is 49.6 Å². The van der Waals surface area contributed by atoms with Gasteiger partial charge in [-0.2, -0.15) is 0 Å². The monoisotopic (exact) mass is 469 g/mol. The maximum atomic E-state index is 12.0. The molecule has 1 N–H and O–H groups in total. The lowest BCUT2D eigenvalue weighted by molar-refractivity contribution is 0.101. The van der Waals surface area contributed by atoms with E-state index in [1.54, 1.807) is 14.0 Å². The van der Waals surface area contributed by atoms with E-state index in [1.807, 2.05) is 42.7 Å². The highest BCUT2D eigenvalue weighted by atomic mass is 16.5. The predicted octanol–water partition coefficient (Wildman–Crippen LogP) is 5.86. The van der Waals surface area contributed by atoms with E-state index in [9.17, 15) is 4.79 Å². The minimum absolute atomic E-state index is 0.0259. The summed E-state index contributed by atoms with van der Waals surface area (Å²) in [5.41, 5.74) is 4.33. The first-order chi connectivity index (χ1) is 17.1. The third-order valence-electron chi connectivity index (χ3n) is 6.78. The molecule has 2 aromatic carbocycles. The van der Waals surface area contributed by atoms with E-state index in [2.05, 4.69) is 22.0 Å². The highest BCUT2D eigenvalue weighted by Crippen LogP contribution is 2.32. The van der Waals surface area contributed by atoms with Gasteiger partial charge in [0.1, 0.15) is 11.3 Å². The largest absolute Gasteiger partial charge is 0.497 e. The lowest BCUT2D eigenvalue weighted by atomic mass is 9.95. The van der Waals surface area contributed by atoms with Gasteiger partial charge in [0.15, 0.2) is 23.1 Å². The molecule has 5 rings (SSSR count). The molecule has 0 aliphatic heterocycles. The van der Waals surface area contributed by atoms with Crippen molar-refractivity contribution in [2.75, 3.05) is 19.0 Å². The second-order valence-corrected chi connectivity index (χ2v) is 9.17. The molecule has 2 heterocycles. The van der Waals surface area contributed by atoms with Crippen molar-refractivity contribution < 1.29 is 9.53 Å². The van der Waals surface area contributed by atoms with Crippen LogP contribution in [-0.2, 0) is 6.42 Å². The molecule has 7 nitrogen and oxygen atoms in total. The first-order valence-electron chi connectivity index (χ1n) is 12.3. The Morgan fingerprint density at radius 2 is 1.89 bits per heavy atom. The molecular formula is C28H31N5O2. The Balaban J connectivity index is 1.49. The van der Waals surface area contributed by atoms with Crippen LogP contribution >= 0.6 is 0 Å². The zero-order valence-corrected chi connectivity index (χ0v) is 20.3. The van der Waals surface area contributed by atoms with E-state index in [-0.39, 0.29) is 5.78 Å². The number of anilines is 1. The highest BCUT2D eigenvalue weighted by Gasteiger charge is 2.21. The number of ether oxygens (including phenoxy) is 1. The minimum atomic E-state index is 0.0259. The number of aromatic nitrogens is 4. The summed E-state index contributed by atoms with van der Waals surface area (Å²) in [5, 5.41) is 3.50. The third-order valence-corrected chi connectivity index (χ3v) is 6.78. The molecule has 2 aromatic heterocycles. The van der Waals surface area contributed by atoms with Crippen molar-refractivity contribution in [2.24, 2.45) is 0 Å². The van der Waals surface area contributed by atoms with E-state index < -0.39 is 0 Å². The van der Waals surface area contributed by atoms with Crippen LogP contribution in [0.15, 0.2) is 54.9 Å². The van der Waals surface area contributed by atoms with E-state index in [1.165, 1.54) is 24.8 Å². The second kappa shape index (κ2) is 10.3. The van der Waals surface area contributed by atoms with Gasteiger partial charge in [0.05, 0.1) is 13.4 Å². The summed E-state index contributed by atoms with van der Waals surface area (Å²) < 4.78 is 7.48. The molecule has 0 atom stereocenters. The fraction of sp³-hybridized carbons (Fsp3) is 0.357. The molecule has 1 fully saturated rings. The van der Waals surface area contributed by atoms with Crippen LogP contribution in [0.1, 0.15) is 61.0 Å². The molecule has 0 radical (unpaired) electrons. The van der Waals surface area contributed by atoms with Gasteiger partial charge in [0.2, 0.25) is 0 Å². The van der Waals surface area contributed by atoms with Gasteiger partial charge in [-0.3, -0.25) is 4.79 Å². The highest BCUT2D eigenvalue weighted by molar-refractivity contribution is 5.95. The molecule has 1 aliphatic carbocycles. The van der Waals surface area contributed by atoms with Crippen molar-refractivity contribution in [1.82, 2.24) is 19.5 Å². The molecule has 0 spiro atoms. The first-order valence-corrected chi connectivity index (χ1v) is 12.3.